The first kappa shape index (κ1) is 23.2. The average molecular weight is 444 g/mol. The summed E-state index contributed by atoms with van der Waals surface area (Å²) < 4.78 is 92.5. The van der Waals surface area contributed by atoms with Crippen LogP contribution in [0, 0.1) is 6.92 Å². The van der Waals surface area contributed by atoms with E-state index in [0.717, 1.165) is 4.68 Å². The van der Waals surface area contributed by atoms with Gasteiger partial charge < -0.3 is 10.6 Å². The maximum Gasteiger partial charge on any atom is 0.460 e. The molecule has 2 amide bonds. The molecule has 2 N–H and O–H groups in total. The number of carbonyl (C=O) groups is 2. The van der Waals surface area contributed by atoms with Crippen LogP contribution in [0.5, 0.6) is 0 Å². The second kappa shape index (κ2) is 7.60. The van der Waals surface area contributed by atoms with Gasteiger partial charge in [-0.05, 0) is 13.8 Å². The first-order chi connectivity index (χ1) is 13.6. The number of nitrogens with one attached hydrogen (secondary N) is 2. The van der Waals surface area contributed by atoms with Gasteiger partial charge in [-0.15, -0.1) is 0 Å². The Balaban J connectivity index is 2.36. The molecule has 0 spiro atoms. The molecule has 0 unspecified atom stereocenters. The molecule has 0 aliphatic heterocycles. The molecule has 166 valence electrons. The molecular weight excluding hydrogens is 429 g/mol. The van der Waals surface area contributed by atoms with E-state index in [9.17, 15) is 40.3 Å². The van der Waals surface area contributed by atoms with Crippen LogP contribution in [0.15, 0.2) is 12.4 Å². The molecule has 0 saturated carbocycles. The van der Waals surface area contributed by atoms with Crippen LogP contribution in [-0.2, 0) is 18.4 Å². The van der Waals surface area contributed by atoms with Crippen molar-refractivity contribution in [2.75, 3.05) is 10.6 Å². The SMILES string of the molecule is CCn1ncc(NC(=O)C(F)(F)C(F)(F)C(F)(F)F)c1C(=O)Nc1cnn(C)c1C. The van der Waals surface area contributed by atoms with Crippen LogP contribution in [0.3, 0.4) is 0 Å². The van der Waals surface area contributed by atoms with Crippen LogP contribution in [0.25, 0.3) is 0 Å². The van der Waals surface area contributed by atoms with E-state index in [-0.39, 0.29) is 12.2 Å². The minimum atomic E-state index is -6.68. The van der Waals surface area contributed by atoms with Crippen LogP contribution in [0.1, 0.15) is 23.1 Å². The number of halogens is 7. The molecule has 8 nitrogen and oxygen atoms in total. The summed E-state index contributed by atoms with van der Waals surface area (Å²) in [5.74, 6) is -16.7. The van der Waals surface area contributed by atoms with Gasteiger partial charge >= 0.3 is 23.9 Å². The Morgan fingerprint density at radius 3 is 2.03 bits per heavy atom. The number of alkyl halides is 7. The van der Waals surface area contributed by atoms with Gasteiger partial charge in [0.1, 0.15) is 5.69 Å². The second-order valence-corrected chi connectivity index (χ2v) is 6.04. The Bertz CT molecular complexity index is 963. The van der Waals surface area contributed by atoms with Crippen molar-refractivity contribution >= 4 is 23.2 Å². The van der Waals surface area contributed by atoms with Gasteiger partial charge in [0.25, 0.3) is 5.91 Å². The number of hydrogen-bond donors (Lipinski definition) is 2. The molecule has 0 saturated heterocycles. The lowest BCUT2D eigenvalue weighted by molar-refractivity contribution is -0.343. The number of nitrogens with zero attached hydrogens (tertiary/aromatic N) is 4. The summed E-state index contributed by atoms with van der Waals surface area (Å²) >= 11 is 0. The molecule has 0 bridgehead atoms. The van der Waals surface area contributed by atoms with E-state index < -0.39 is 41.2 Å². The van der Waals surface area contributed by atoms with Crippen molar-refractivity contribution in [2.45, 2.75) is 38.4 Å². The third kappa shape index (κ3) is 3.82. The predicted molar refractivity (Wildman–Crippen MR) is 88.4 cm³/mol. The van der Waals surface area contributed by atoms with Crippen molar-refractivity contribution in [3.05, 3.63) is 23.8 Å². The van der Waals surface area contributed by atoms with Crippen molar-refractivity contribution < 1.29 is 40.3 Å². The van der Waals surface area contributed by atoms with E-state index in [1.165, 1.54) is 23.1 Å². The number of carbonyl (C=O) groups excluding carboxylic acids is 2. The summed E-state index contributed by atoms with van der Waals surface area (Å²) in [5.41, 5.74) is -0.621. The maximum atomic E-state index is 13.6. The number of aromatic nitrogens is 4. The highest BCUT2D eigenvalue weighted by molar-refractivity contribution is 6.09. The molecule has 0 aliphatic rings. The second-order valence-electron chi connectivity index (χ2n) is 6.04. The van der Waals surface area contributed by atoms with Crippen LogP contribution in [0.4, 0.5) is 42.1 Å². The van der Waals surface area contributed by atoms with Crippen molar-refractivity contribution in [3.8, 4) is 0 Å². The average Bonchev–Trinajstić information content (AvgIpc) is 3.18. The maximum absolute atomic E-state index is 13.6. The molecule has 0 radical (unpaired) electrons. The number of rotatable bonds is 6. The first-order valence-electron chi connectivity index (χ1n) is 8.14. The zero-order valence-electron chi connectivity index (χ0n) is 15.6. The first-order valence-corrected chi connectivity index (χ1v) is 8.14. The fourth-order valence-electron chi connectivity index (χ4n) is 2.28. The fourth-order valence-corrected chi connectivity index (χ4v) is 2.28. The number of anilines is 2. The van der Waals surface area contributed by atoms with Gasteiger partial charge in [-0.25, -0.2) is 0 Å². The minimum absolute atomic E-state index is 0.0141. The van der Waals surface area contributed by atoms with E-state index in [4.69, 9.17) is 0 Å². The van der Waals surface area contributed by atoms with E-state index in [0.29, 0.717) is 11.9 Å². The van der Waals surface area contributed by atoms with Gasteiger partial charge in [-0.1, -0.05) is 0 Å². The molecule has 2 rings (SSSR count). The Morgan fingerprint density at radius 2 is 1.57 bits per heavy atom. The van der Waals surface area contributed by atoms with Crippen LogP contribution < -0.4 is 10.6 Å². The highest BCUT2D eigenvalue weighted by Gasteiger charge is 2.76. The van der Waals surface area contributed by atoms with Gasteiger partial charge in [0.2, 0.25) is 0 Å². The van der Waals surface area contributed by atoms with Gasteiger partial charge in [0.15, 0.2) is 0 Å². The fraction of sp³-hybridized carbons (Fsp3) is 0.467. The predicted octanol–water partition coefficient (Wildman–Crippen LogP) is 2.97. The molecule has 0 atom stereocenters. The van der Waals surface area contributed by atoms with Crippen molar-refractivity contribution in [1.82, 2.24) is 19.6 Å². The van der Waals surface area contributed by atoms with Crippen molar-refractivity contribution in [1.29, 1.82) is 0 Å². The highest BCUT2D eigenvalue weighted by atomic mass is 19.4. The van der Waals surface area contributed by atoms with E-state index in [1.807, 2.05) is 0 Å². The summed E-state index contributed by atoms with van der Waals surface area (Å²) in [5, 5.41) is 11.1. The lowest BCUT2D eigenvalue weighted by Gasteiger charge is -2.27. The third-order valence-corrected chi connectivity index (χ3v) is 4.12. The minimum Gasteiger partial charge on any atom is -0.318 e. The third-order valence-electron chi connectivity index (χ3n) is 4.12. The lowest BCUT2D eigenvalue weighted by Crippen LogP contribution is -2.57. The normalized spacial score (nSPS) is 12.7. The van der Waals surface area contributed by atoms with Gasteiger partial charge in [0.05, 0.1) is 29.5 Å². The molecule has 15 heteroatoms. The number of aryl methyl sites for hydroxylation is 2. The lowest BCUT2D eigenvalue weighted by atomic mass is 10.1. The van der Waals surface area contributed by atoms with Crippen LogP contribution in [-0.4, -0.2) is 49.4 Å². The summed E-state index contributed by atoms with van der Waals surface area (Å²) in [6.07, 6.45) is -4.75. The zero-order valence-corrected chi connectivity index (χ0v) is 15.6. The van der Waals surface area contributed by atoms with E-state index >= 15 is 0 Å². The smallest absolute Gasteiger partial charge is 0.318 e. The zero-order chi connectivity index (χ0) is 23.1. The molecular formula is C15H15F7N6O2. The summed E-state index contributed by atoms with van der Waals surface area (Å²) in [7, 11) is 1.57. The molecule has 30 heavy (non-hydrogen) atoms. The largest absolute Gasteiger partial charge is 0.460 e. The molecule has 2 aromatic heterocycles. The topological polar surface area (TPSA) is 93.8 Å². The molecule has 2 heterocycles. The summed E-state index contributed by atoms with van der Waals surface area (Å²) in [6, 6.07) is 0. The Hall–Kier alpha value is -3.13. The molecule has 0 fully saturated rings. The van der Waals surface area contributed by atoms with Crippen molar-refractivity contribution in [3.63, 3.8) is 0 Å². The number of amides is 2. The van der Waals surface area contributed by atoms with Crippen LogP contribution >= 0.6 is 0 Å². The Labute approximate surface area is 164 Å². The standard InChI is InChI=1S/C15H15F7N6O2/c1-4-28-10(11(29)25-8-5-23-27(3)7(8)2)9(6-24-28)26-12(30)13(16,17)14(18,19)15(20,21)22/h5-6H,4H2,1-3H3,(H,25,29)(H,26,30). The highest BCUT2D eigenvalue weighted by Crippen LogP contribution is 2.47. The molecule has 0 aliphatic carbocycles. The molecule has 2 aromatic rings. The monoisotopic (exact) mass is 444 g/mol. The summed E-state index contributed by atoms with van der Waals surface area (Å²) in [4.78, 5) is 24.1. The van der Waals surface area contributed by atoms with Gasteiger partial charge in [-0.3, -0.25) is 19.0 Å². The van der Waals surface area contributed by atoms with Gasteiger partial charge in [-0.2, -0.15) is 40.9 Å². The summed E-state index contributed by atoms with van der Waals surface area (Å²) in [6.45, 7) is 3.05. The Morgan fingerprint density at radius 1 is 1.00 bits per heavy atom. The Kier molecular flexibility index (Phi) is 5.87. The van der Waals surface area contributed by atoms with E-state index in [1.54, 1.807) is 14.0 Å². The van der Waals surface area contributed by atoms with Crippen LogP contribution in [0.2, 0.25) is 0 Å². The van der Waals surface area contributed by atoms with Gasteiger partial charge in [0, 0.05) is 13.6 Å². The van der Waals surface area contributed by atoms with E-state index in [2.05, 4.69) is 15.5 Å². The molecule has 0 aromatic carbocycles. The van der Waals surface area contributed by atoms with Crippen molar-refractivity contribution in [2.24, 2.45) is 7.05 Å². The number of hydrogen-bond acceptors (Lipinski definition) is 4. The quantitative estimate of drug-likeness (QED) is 0.670.